The van der Waals surface area contributed by atoms with Gasteiger partial charge in [-0.05, 0) is 59.8 Å². The highest BCUT2D eigenvalue weighted by atomic mass is 32.2. The lowest BCUT2D eigenvalue weighted by Gasteiger charge is -2.08. The number of nitrogens with two attached hydrogens (primary N) is 1. The molecule has 0 radical (unpaired) electrons. The molecule has 156 valence electrons. The Hall–Kier alpha value is -3.01. The number of carbonyl (C=O) groups excluding carboxylic acids is 2. The van der Waals surface area contributed by atoms with E-state index in [1.165, 1.54) is 24.3 Å². The predicted octanol–water partition coefficient (Wildman–Crippen LogP) is 2.30. The van der Waals surface area contributed by atoms with E-state index in [-0.39, 0.29) is 17.3 Å². The summed E-state index contributed by atoms with van der Waals surface area (Å²) in [6.07, 6.45) is 0.623. The lowest BCUT2D eigenvalue weighted by molar-refractivity contribution is 0.0949. The van der Waals surface area contributed by atoms with Crippen molar-refractivity contribution >= 4 is 33.2 Å². The molecule has 4 N–H and O–H groups in total. The first-order chi connectivity index (χ1) is 14.3. The fourth-order valence-corrected chi connectivity index (χ4v) is 4.44. The van der Waals surface area contributed by atoms with Crippen LogP contribution in [0.1, 0.15) is 31.2 Å². The van der Waals surface area contributed by atoms with Gasteiger partial charge in [0.2, 0.25) is 15.9 Å². The number of hydrogen-bond acceptors (Lipinski definition) is 5. The molecule has 0 unspecified atom stereocenters. The number of carbonyl (C=O) groups is 2. The fourth-order valence-electron chi connectivity index (χ4n) is 2.70. The Balaban J connectivity index is 1.54. The summed E-state index contributed by atoms with van der Waals surface area (Å²) in [4.78, 5) is 24.6. The largest absolute Gasteiger partial charge is 0.366 e. The van der Waals surface area contributed by atoms with Gasteiger partial charge in [0, 0.05) is 29.1 Å². The molecule has 30 heavy (non-hydrogen) atoms. The summed E-state index contributed by atoms with van der Waals surface area (Å²) in [5.74, 6) is -0.842. The predicted molar refractivity (Wildman–Crippen MR) is 116 cm³/mol. The molecular weight excluding hydrogens is 422 g/mol. The second kappa shape index (κ2) is 9.66. The maximum Gasteiger partial charge on any atom is 0.251 e. The van der Waals surface area contributed by atoms with Crippen molar-refractivity contribution < 1.29 is 18.0 Å². The molecule has 0 fully saturated rings. The number of nitrogens with one attached hydrogen (secondary N) is 2. The summed E-state index contributed by atoms with van der Waals surface area (Å²) in [5, 5.41) is 4.70. The summed E-state index contributed by atoms with van der Waals surface area (Å²) in [7, 11) is -3.64. The van der Waals surface area contributed by atoms with E-state index in [9.17, 15) is 18.0 Å². The number of benzene rings is 2. The third kappa shape index (κ3) is 5.76. The van der Waals surface area contributed by atoms with Crippen molar-refractivity contribution in [3.63, 3.8) is 0 Å². The van der Waals surface area contributed by atoms with Gasteiger partial charge < -0.3 is 11.1 Å². The molecule has 3 rings (SSSR count). The molecule has 0 aliphatic carbocycles. The third-order valence-electron chi connectivity index (χ3n) is 4.36. The van der Waals surface area contributed by atoms with E-state index in [1.807, 2.05) is 17.5 Å². The lowest BCUT2D eigenvalue weighted by Crippen LogP contribution is -2.26. The Morgan fingerprint density at radius 1 is 0.933 bits per heavy atom. The highest BCUT2D eigenvalue weighted by Crippen LogP contribution is 2.12. The van der Waals surface area contributed by atoms with E-state index in [1.54, 1.807) is 35.6 Å². The van der Waals surface area contributed by atoms with E-state index in [4.69, 9.17) is 5.73 Å². The maximum absolute atomic E-state index is 12.4. The number of amides is 2. The second-order valence-corrected chi connectivity index (χ2v) is 9.29. The van der Waals surface area contributed by atoms with Crippen molar-refractivity contribution in [2.24, 2.45) is 5.73 Å². The average Bonchev–Trinajstić information content (AvgIpc) is 3.26. The van der Waals surface area contributed by atoms with Gasteiger partial charge in [0.15, 0.2) is 0 Å². The summed E-state index contributed by atoms with van der Waals surface area (Å²) in [6.45, 7) is 0.571. The van der Waals surface area contributed by atoms with E-state index in [2.05, 4.69) is 10.0 Å². The molecule has 0 bridgehead atoms. The zero-order valence-corrected chi connectivity index (χ0v) is 17.6. The average molecular weight is 444 g/mol. The molecule has 0 saturated carbocycles. The SMILES string of the molecule is NC(=O)c1ccc(CNC(=O)c2ccc(S(=O)(=O)NCCc3cccs3)cc2)cc1. The van der Waals surface area contributed by atoms with E-state index in [0.717, 1.165) is 10.4 Å². The van der Waals surface area contributed by atoms with Crippen LogP contribution in [0.3, 0.4) is 0 Å². The zero-order valence-electron chi connectivity index (χ0n) is 16.0. The van der Waals surface area contributed by atoms with Crippen LogP contribution in [0.15, 0.2) is 70.9 Å². The minimum absolute atomic E-state index is 0.104. The first-order valence-corrected chi connectivity index (χ1v) is 11.5. The van der Waals surface area contributed by atoms with Crippen LogP contribution in [-0.4, -0.2) is 26.8 Å². The summed E-state index contributed by atoms with van der Waals surface area (Å²) < 4.78 is 27.3. The Labute approximate surface area is 179 Å². The molecule has 9 heteroatoms. The van der Waals surface area contributed by atoms with E-state index in [0.29, 0.717) is 24.1 Å². The Kier molecular flexibility index (Phi) is 6.99. The lowest BCUT2D eigenvalue weighted by atomic mass is 10.1. The van der Waals surface area contributed by atoms with Gasteiger partial charge in [0.1, 0.15) is 0 Å². The van der Waals surface area contributed by atoms with Gasteiger partial charge in [0.25, 0.3) is 5.91 Å². The molecule has 0 aliphatic rings. The van der Waals surface area contributed by atoms with Gasteiger partial charge in [-0.3, -0.25) is 9.59 Å². The standard InChI is InChI=1S/C21H21N3O4S2/c22-20(25)16-5-3-15(4-6-16)14-23-21(26)17-7-9-19(10-8-17)30(27,28)24-12-11-18-2-1-13-29-18/h1-10,13,24H,11-12,14H2,(H2,22,25)(H,23,26). The molecule has 2 aromatic carbocycles. The van der Waals surface area contributed by atoms with Crippen molar-refractivity contribution in [1.82, 2.24) is 10.0 Å². The van der Waals surface area contributed by atoms with Crippen LogP contribution in [0, 0.1) is 0 Å². The Morgan fingerprint density at radius 2 is 1.60 bits per heavy atom. The molecule has 0 saturated heterocycles. The van der Waals surface area contributed by atoms with Crippen LogP contribution < -0.4 is 15.8 Å². The first-order valence-electron chi connectivity index (χ1n) is 9.14. The molecule has 0 atom stereocenters. The molecule has 1 aromatic heterocycles. The number of sulfonamides is 1. The van der Waals surface area contributed by atoms with Crippen molar-refractivity contribution in [1.29, 1.82) is 0 Å². The Bertz CT molecular complexity index is 1110. The van der Waals surface area contributed by atoms with E-state index >= 15 is 0 Å². The van der Waals surface area contributed by atoms with Crippen molar-refractivity contribution in [3.8, 4) is 0 Å². The second-order valence-electron chi connectivity index (χ2n) is 6.50. The summed E-state index contributed by atoms with van der Waals surface area (Å²) >= 11 is 1.58. The summed E-state index contributed by atoms with van der Waals surface area (Å²) in [6, 6.07) is 16.2. The van der Waals surface area contributed by atoms with E-state index < -0.39 is 15.9 Å². The number of hydrogen-bond donors (Lipinski definition) is 3. The minimum atomic E-state index is -3.64. The monoisotopic (exact) mass is 443 g/mol. The van der Waals surface area contributed by atoms with Crippen LogP contribution in [0.5, 0.6) is 0 Å². The number of primary amides is 1. The van der Waals surface area contributed by atoms with Crippen LogP contribution in [0.2, 0.25) is 0 Å². The van der Waals surface area contributed by atoms with Gasteiger partial charge in [-0.15, -0.1) is 11.3 Å². The first kappa shape index (κ1) is 21.7. The van der Waals surface area contributed by atoms with Gasteiger partial charge in [-0.2, -0.15) is 0 Å². The molecule has 7 nitrogen and oxygen atoms in total. The Morgan fingerprint density at radius 3 is 2.20 bits per heavy atom. The topological polar surface area (TPSA) is 118 Å². The molecule has 0 aliphatic heterocycles. The van der Waals surface area contributed by atoms with Gasteiger partial charge in [-0.1, -0.05) is 18.2 Å². The van der Waals surface area contributed by atoms with Gasteiger partial charge >= 0.3 is 0 Å². The van der Waals surface area contributed by atoms with Crippen molar-refractivity contribution in [3.05, 3.63) is 87.6 Å². The summed E-state index contributed by atoms with van der Waals surface area (Å²) in [5.41, 5.74) is 6.75. The fraction of sp³-hybridized carbons (Fsp3) is 0.143. The maximum atomic E-state index is 12.4. The quantitative estimate of drug-likeness (QED) is 0.470. The molecular formula is C21H21N3O4S2. The third-order valence-corrected chi connectivity index (χ3v) is 6.78. The number of thiophene rings is 1. The van der Waals surface area contributed by atoms with Gasteiger partial charge in [-0.25, -0.2) is 13.1 Å². The molecule has 3 aromatic rings. The normalized spacial score (nSPS) is 11.2. The molecule has 0 spiro atoms. The highest BCUT2D eigenvalue weighted by molar-refractivity contribution is 7.89. The number of rotatable bonds is 9. The molecule has 1 heterocycles. The smallest absolute Gasteiger partial charge is 0.251 e. The van der Waals surface area contributed by atoms with Crippen LogP contribution >= 0.6 is 11.3 Å². The molecule has 2 amide bonds. The van der Waals surface area contributed by atoms with Crippen LogP contribution in [-0.2, 0) is 23.0 Å². The zero-order chi connectivity index (χ0) is 21.6. The van der Waals surface area contributed by atoms with Crippen molar-refractivity contribution in [2.45, 2.75) is 17.9 Å². The highest BCUT2D eigenvalue weighted by Gasteiger charge is 2.14. The van der Waals surface area contributed by atoms with Crippen LogP contribution in [0.25, 0.3) is 0 Å². The van der Waals surface area contributed by atoms with Crippen LogP contribution in [0.4, 0.5) is 0 Å². The van der Waals surface area contributed by atoms with Crippen molar-refractivity contribution in [2.75, 3.05) is 6.54 Å². The van der Waals surface area contributed by atoms with Gasteiger partial charge in [0.05, 0.1) is 4.90 Å². The minimum Gasteiger partial charge on any atom is -0.366 e.